The molecule has 11 heavy (non-hydrogen) atoms. The monoisotopic (exact) mass is 172 g/mol. The van der Waals surface area contributed by atoms with Crippen LogP contribution in [0.5, 0.6) is 0 Å². The SMILES string of the molecule is CS1(=O)=NC(=O)n2nncc21. The van der Waals surface area contributed by atoms with Gasteiger partial charge in [0.25, 0.3) is 0 Å². The van der Waals surface area contributed by atoms with E-state index in [1.807, 2.05) is 0 Å². The predicted molar refractivity (Wildman–Crippen MR) is 35.6 cm³/mol. The molecule has 0 bridgehead atoms. The Hall–Kier alpha value is -1.24. The summed E-state index contributed by atoms with van der Waals surface area (Å²) in [6.07, 6.45) is 2.67. The van der Waals surface area contributed by atoms with E-state index < -0.39 is 15.8 Å². The largest absolute Gasteiger partial charge is 0.379 e. The Morgan fingerprint density at radius 1 is 1.64 bits per heavy atom. The number of amides is 1. The summed E-state index contributed by atoms with van der Waals surface area (Å²) >= 11 is 0. The molecule has 0 saturated heterocycles. The minimum absolute atomic E-state index is 0.280. The third kappa shape index (κ3) is 0.709. The van der Waals surface area contributed by atoms with Crippen LogP contribution >= 0.6 is 0 Å². The van der Waals surface area contributed by atoms with Gasteiger partial charge in [0, 0.05) is 6.26 Å². The fraction of sp³-hybridized carbons (Fsp3) is 0.250. The topological polar surface area (TPSA) is 77.2 Å². The summed E-state index contributed by atoms with van der Waals surface area (Å²) in [6, 6.07) is -0.606. The normalized spacial score (nSPS) is 28.3. The zero-order chi connectivity index (χ0) is 8.06. The Labute approximate surface area is 62.4 Å². The maximum Gasteiger partial charge on any atom is 0.379 e. The van der Waals surface area contributed by atoms with Crippen LogP contribution < -0.4 is 0 Å². The van der Waals surface area contributed by atoms with Crippen molar-refractivity contribution < 1.29 is 9.00 Å². The van der Waals surface area contributed by atoms with Gasteiger partial charge < -0.3 is 0 Å². The van der Waals surface area contributed by atoms with E-state index in [1.165, 1.54) is 12.5 Å². The number of carbonyl (C=O) groups excluding carboxylic acids is 1. The molecular weight excluding hydrogens is 168 g/mol. The highest BCUT2D eigenvalue weighted by molar-refractivity contribution is 7.93. The van der Waals surface area contributed by atoms with Gasteiger partial charge in [0.05, 0.1) is 6.20 Å². The van der Waals surface area contributed by atoms with Crippen LogP contribution in [0.15, 0.2) is 15.6 Å². The van der Waals surface area contributed by atoms with Crippen molar-refractivity contribution in [2.45, 2.75) is 5.03 Å². The molecule has 0 aromatic carbocycles. The van der Waals surface area contributed by atoms with Gasteiger partial charge in [0.15, 0.2) is 5.03 Å². The van der Waals surface area contributed by atoms with Crippen LogP contribution in [0.25, 0.3) is 0 Å². The van der Waals surface area contributed by atoms with E-state index >= 15 is 0 Å². The predicted octanol–water partition coefficient (Wildman–Crippen LogP) is -0.283. The quantitative estimate of drug-likeness (QED) is 0.539. The van der Waals surface area contributed by atoms with E-state index in [1.54, 1.807) is 0 Å². The van der Waals surface area contributed by atoms with Gasteiger partial charge in [0.1, 0.15) is 9.73 Å². The second-order valence-corrected chi connectivity index (χ2v) is 4.37. The molecule has 0 fully saturated rings. The molecule has 0 aliphatic carbocycles. The van der Waals surface area contributed by atoms with Crippen LogP contribution in [0.4, 0.5) is 4.79 Å². The molecule has 1 aromatic rings. The molecular formula is C4H4N4O2S. The van der Waals surface area contributed by atoms with Crippen LogP contribution in [0.3, 0.4) is 0 Å². The lowest BCUT2D eigenvalue weighted by atomic mass is 10.9. The molecule has 6 nitrogen and oxygen atoms in total. The summed E-state index contributed by atoms with van der Waals surface area (Å²) in [5.41, 5.74) is 0. The summed E-state index contributed by atoms with van der Waals surface area (Å²) in [6.45, 7) is 0. The molecule has 58 valence electrons. The first kappa shape index (κ1) is 6.47. The molecule has 0 saturated carbocycles. The molecule has 1 amide bonds. The van der Waals surface area contributed by atoms with E-state index in [-0.39, 0.29) is 5.03 Å². The van der Waals surface area contributed by atoms with Gasteiger partial charge in [-0.05, 0) is 0 Å². The van der Waals surface area contributed by atoms with Crippen LogP contribution in [0, 0.1) is 0 Å². The summed E-state index contributed by atoms with van der Waals surface area (Å²) in [4.78, 5) is 10.9. The van der Waals surface area contributed by atoms with E-state index in [4.69, 9.17) is 0 Å². The fourth-order valence-electron chi connectivity index (χ4n) is 0.851. The Morgan fingerprint density at radius 2 is 2.36 bits per heavy atom. The molecule has 0 radical (unpaired) electrons. The molecule has 7 heteroatoms. The molecule has 1 atom stereocenters. The average molecular weight is 172 g/mol. The van der Waals surface area contributed by atoms with Crippen molar-refractivity contribution in [1.29, 1.82) is 0 Å². The summed E-state index contributed by atoms with van der Waals surface area (Å²) < 4.78 is 15.7. The number of carbonyl (C=O) groups is 1. The highest BCUT2D eigenvalue weighted by atomic mass is 32.2. The fourth-order valence-corrected chi connectivity index (χ4v) is 2.00. The van der Waals surface area contributed by atoms with Gasteiger partial charge in [-0.25, -0.2) is 9.00 Å². The van der Waals surface area contributed by atoms with E-state index in [0.29, 0.717) is 0 Å². The first-order chi connectivity index (χ1) is 5.11. The smallest absolute Gasteiger partial charge is 0.243 e. The van der Waals surface area contributed by atoms with Gasteiger partial charge in [-0.15, -0.1) is 14.1 Å². The third-order valence-electron chi connectivity index (χ3n) is 1.34. The Kier molecular flexibility index (Phi) is 0.984. The highest BCUT2D eigenvalue weighted by Crippen LogP contribution is 2.16. The molecule has 1 aromatic heterocycles. The van der Waals surface area contributed by atoms with Crippen molar-refractivity contribution in [2.75, 3.05) is 6.26 Å². The van der Waals surface area contributed by atoms with E-state index in [9.17, 15) is 9.00 Å². The zero-order valence-corrected chi connectivity index (χ0v) is 6.41. The number of hydrogen-bond donors (Lipinski definition) is 0. The Morgan fingerprint density at radius 3 is 3.00 bits per heavy atom. The molecule has 1 unspecified atom stereocenters. The summed E-state index contributed by atoms with van der Waals surface area (Å²) in [5.74, 6) is 0. The minimum atomic E-state index is -2.55. The van der Waals surface area contributed by atoms with Crippen LogP contribution in [-0.4, -0.2) is 31.5 Å². The molecule has 0 N–H and O–H groups in total. The maximum atomic E-state index is 11.4. The standard InChI is InChI=1S/C4H4N4O2S/c1-11(10)3-2-5-7-8(3)4(9)6-11/h2H,1H3. The Bertz CT molecular complexity index is 439. The van der Waals surface area contributed by atoms with Gasteiger partial charge in [0.2, 0.25) is 0 Å². The molecule has 1 aliphatic rings. The van der Waals surface area contributed by atoms with Crippen molar-refractivity contribution in [1.82, 2.24) is 15.0 Å². The second kappa shape index (κ2) is 1.67. The first-order valence-corrected chi connectivity index (χ1v) is 4.71. The van der Waals surface area contributed by atoms with Crippen molar-refractivity contribution in [3.8, 4) is 0 Å². The molecule has 0 spiro atoms. The van der Waals surface area contributed by atoms with Gasteiger partial charge >= 0.3 is 6.03 Å². The second-order valence-electron chi connectivity index (χ2n) is 2.16. The van der Waals surface area contributed by atoms with Gasteiger partial charge in [-0.2, -0.15) is 0 Å². The lowest BCUT2D eigenvalue weighted by Gasteiger charge is -1.87. The van der Waals surface area contributed by atoms with Crippen molar-refractivity contribution >= 4 is 15.8 Å². The highest BCUT2D eigenvalue weighted by Gasteiger charge is 2.26. The Balaban J connectivity index is 2.89. The van der Waals surface area contributed by atoms with Crippen molar-refractivity contribution in [2.24, 2.45) is 4.36 Å². The lowest BCUT2D eigenvalue weighted by Crippen LogP contribution is -2.04. The van der Waals surface area contributed by atoms with Gasteiger partial charge in [-0.1, -0.05) is 5.21 Å². The first-order valence-electron chi connectivity index (χ1n) is 2.78. The number of aromatic nitrogens is 3. The van der Waals surface area contributed by atoms with E-state index in [2.05, 4.69) is 14.7 Å². The van der Waals surface area contributed by atoms with E-state index in [0.717, 1.165) is 4.68 Å². The minimum Gasteiger partial charge on any atom is -0.243 e. The summed E-state index contributed by atoms with van der Waals surface area (Å²) in [5, 5.41) is 7.14. The molecule has 1 aliphatic heterocycles. The third-order valence-corrected chi connectivity index (χ3v) is 2.90. The number of hydrogen-bond acceptors (Lipinski definition) is 4. The zero-order valence-electron chi connectivity index (χ0n) is 5.59. The van der Waals surface area contributed by atoms with Crippen LogP contribution in [0.2, 0.25) is 0 Å². The number of fused-ring (bicyclic) bond motifs is 1. The number of nitrogens with zero attached hydrogens (tertiary/aromatic N) is 4. The van der Waals surface area contributed by atoms with Gasteiger partial charge in [-0.3, -0.25) is 0 Å². The molecule has 2 heterocycles. The lowest BCUT2D eigenvalue weighted by molar-refractivity contribution is 0.247. The van der Waals surface area contributed by atoms with Crippen LogP contribution in [-0.2, 0) is 9.73 Å². The molecule has 2 rings (SSSR count). The van der Waals surface area contributed by atoms with Crippen molar-refractivity contribution in [3.63, 3.8) is 0 Å². The number of rotatable bonds is 0. The van der Waals surface area contributed by atoms with Crippen molar-refractivity contribution in [3.05, 3.63) is 6.20 Å². The maximum absolute atomic E-state index is 11.4. The average Bonchev–Trinajstić information content (AvgIpc) is 2.37. The summed E-state index contributed by atoms with van der Waals surface area (Å²) in [7, 11) is -2.55. The van der Waals surface area contributed by atoms with Crippen LogP contribution in [0.1, 0.15) is 0 Å².